The Morgan fingerprint density at radius 1 is 1.17 bits per heavy atom. The molecule has 0 amide bonds. The molecule has 2 bridgehead atoms. The second kappa shape index (κ2) is 4.98. The van der Waals surface area contributed by atoms with Crippen molar-refractivity contribution in [2.45, 2.75) is 37.8 Å². The predicted molar refractivity (Wildman–Crippen MR) is 77.0 cm³/mol. The maximum absolute atomic E-state index is 5.83. The molecule has 18 heavy (non-hydrogen) atoms. The lowest BCUT2D eigenvalue weighted by Crippen LogP contribution is -2.42. The summed E-state index contributed by atoms with van der Waals surface area (Å²) in [5.41, 5.74) is 0. The minimum atomic E-state index is 0.453. The van der Waals surface area contributed by atoms with Crippen molar-refractivity contribution in [3.05, 3.63) is 30.3 Å². The molecule has 0 spiro atoms. The molecule has 2 aliphatic rings. The van der Waals surface area contributed by atoms with Crippen LogP contribution in [0.25, 0.3) is 0 Å². The van der Waals surface area contributed by atoms with Crippen LogP contribution >= 0.6 is 12.2 Å². The highest BCUT2D eigenvalue weighted by molar-refractivity contribution is 7.80. The summed E-state index contributed by atoms with van der Waals surface area (Å²) in [6.07, 6.45) is 4.98. The molecule has 96 valence electrons. The van der Waals surface area contributed by atoms with E-state index in [2.05, 4.69) is 11.9 Å². The van der Waals surface area contributed by atoms with E-state index < -0.39 is 0 Å². The lowest BCUT2D eigenvalue weighted by atomic mass is 9.92. The minimum absolute atomic E-state index is 0.453. The van der Waals surface area contributed by atoms with Crippen LogP contribution in [0.15, 0.2) is 30.3 Å². The molecular weight excluding hydrogens is 242 g/mol. The number of ether oxygens (including phenoxy) is 1. The first-order chi connectivity index (χ1) is 8.74. The molecular formula is C15H19NOS. The summed E-state index contributed by atoms with van der Waals surface area (Å²) in [6.45, 7) is 0. The summed E-state index contributed by atoms with van der Waals surface area (Å²) < 4.78 is 5.83. The highest BCUT2D eigenvalue weighted by Crippen LogP contribution is 2.38. The standard InChI is InChI=1S/C15H19NOS/c1-16-12-7-8-13(16)10-11(9-12)15(18)17-14-5-3-2-4-6-14/h2-6,11-13H,7-10H2,1H3. The Bertz CT molecular complexity index is 419. The van der Waals surface area contributed by atoms with Gasteiger partial charge in [0.1, 0.15) is 5.75 Å². The van der Waals surface area contributed by atoms with E-state index in [1.54, 1.807) is 0 Å². The number of hydrogen-bond donors (Lipinski definition) is 0. The number of fused-ring (bicyclic) bond motifs is 2. The number of hydrogen-bond acceptors (Lipinski definition) is 3. The molecule has 1 aromatic carbocycles. The normalized spacial score (nSPS) is 31.3. The van der Waals surface area contributed by atoms with Crippen LogP contribution < -0.4 is 4.74 Å². The van der Waals surface area contributed by atoms with Crippen molar-refractivity contribution in [2.24, 2.45) is 5.92 Å². The van der Waals surface area contributed by atoms with E-state index in [9.17, 15) is 0 Å². The van der Waals surface area contributed by atoms with Gasteiger partial charge >= 0.3 is 0 Å². The molecule has 2 atom stereocenters. The molecule has 3 rings (SSSR count). The van der Waals surface area contributed by atoms with E-state index in [-0.39, 0.29) is 0 Å². The van der Waals surface area contributed by atoms with Gasteiger partial charge in [-0.15, -0.1) is 0 Å². The summed E-state index contributed by atoms with van der Waals surface area (Å²) in [5.74, 6) is 1.32. The smallest absolute Gasteiger partial charge is 0.170 e. The Morgan fingerprint density at radius 3 is 2.39 bits per heavy atom. The summed E-state index contributed by atoms with van der Waals surface area (Å²) in [5, 5.41) is 0.784. The number of thiocarbonyl (C=S) groups is 1. The van der Waals surface area contributed by atoms with Gasteiger partial charge in [0.15, 0.2) is 5.05 Å². The maximum atomic E-state index is 5.83. The van der Waals surface area contributed by atoms with Crippen molar-refractivity contribution in [1.82, 2.24) is 4.90 Å². The van der Waals surface area contributed by atoms with Gasteiger partial charge in [-0.2, -0.15) is 0 Å². The predicted octanol–water partition coefficient (Wildman–Crippen LogP) is 3.27. The van der Waals surface area contributed by atoms with Crippen LogP contribution in [-0.2, 0) is 0 Å². The highest BCUT2D eigenvalue weighted by atomic mass is 32.1. The molecule has 0 saturated carbocycles. The molecule has 2 heterocycles. The van der Waals surface area contributed by atoms with Crippen LogP contribution in [0.4, 0.5) is 0 Å². The van der Waals surface area contributed by atoms with Gasteiger partial charge in [0.25, 0.3) is 0 Å². The van der Waals surface area contributed by atoms with Crippen LogP contribution in [0.2, 0.25) is 0 Å². The van der Waals surface area contributed by atoms with Gasteiger partial charge in [-0.05, 0) is 57.1 Å². The number of rotatable bonds is 2. The Morgan fingerprint density at radius 2 is 1.78 bits per heavy atom. The fourth-order valence-corrected chi connectivity index (χ4v) is 3.58. The Hall–Kier alpha value is -0.930. The van der Waals surface area contributed by atoms with E-state index in [0.717, 1.165) is 10.8 Å². The summed E-state index contributed by atoms with van der Waals surface area (Å²) in [7, 11) is 2.25. The molecule has 0 N–H and O–H groups in total. The molecule has 2 aliphatic heterocycles. The largest absolute Gasteiger partial charge is 0.450 e. The highest BCUT2D eigenvalue weighted by Gasteiger charge is 2.40. The average Bonchev–Trinajstić information content (AvgIpc) is 2.63. The van der Waals surface area contributed by atoms with Gasteiger partial charge in [-0.1, -0.05) is 18.2 Å². The topological polar surface area (TPSA) is 12.5 Å². The number of para-hydroxylation sites is 1. The van der Waals surface area contributed by atoms with Crippen LogP contribution in [0, 0.1) is 5.92 Å². The van der Waals surface area contributed by atoms with Crippen LogP contribution in [0.3, 0.4) is 0 Å². The summed E-state index contributed by atoms with van der Waals surface area (Å²) in [4.78, 5) is 2.53. The van der Waals surface area contributed by atoms with Gasteiger partial charge < -0.3 is 9.64 Å². The fourth-order valence-electron chi connectivity index (χ4n) is 3.29. The van der Waals surface area contributed by atoms with Gasteiger partial charge in [-0.3, -0.25) is 0 Å². The quantitative estimate of drug-likeness (QED) is 0.758. The van der Waals surface area contributed by atoms with Crippen LogP contribution in [0.1, 0.15) is 25.7 Å². The molecule has 3 heteroatoms. The third-order valence-electron chi connectivity index (χ3n) is 4.39. The van der Waals surface area contributed by atoms with Crippen LogP contribution in [-0.4, -0.2) is 29.1 Å². The lowest BCUT2D eigenvalue weighted by Gasteiger charge is -2.36. The van der Waals surface area contributed by atoms with E-state index >= 15 is 0 Å². The SMILES string of the molecule is CN1C2CCC1CC(C(=S)Oc1ccccc1)C2. The van der Waals surface area contributed by atoms with Crippen molar-refractivity contribution in [2.75, 3.05) is 7.05 Å². The first kappa shape index (κ1) is 12.1. The maximum Gasteiger partial charge on any atom is 0.170 e. The molecule has 2 saturated heterocycles. The van der Waals surface area contributed by atoms with Crippen molar-refractivity contribution >= 4 is 17.3 Å². The van der Waals surface area contributed by atoms with E-state index in [0.29, 0.717) is 18.0 Å². The zero-order valence-electron chi connectivity index (χ0n) is 10.7. The summed E-state index contributed by atoms with van der Waals surface area (Å²) in [6, 6.07) is 11.3. The van der Waals surface area contributed by atoms with Gasteiger partial charge in [-0.25, -0.2) is 0 Å². The van der Waals surface area contributed by atoms with E-state index in [1.807, 2.05) is 30.3 Å². The molecule has 2 unspecified atom stereocenters. The van der Waals surface area contributed by atoms with E-state index in [4.69, 9.17) is 17.0 Å². The first-order valence-corrected chi connectivity index (χ1v) is 7.13. The molecule has 0 aliphatic carbocycles. The third-order valence-corrected chi connectivity index (χ3v) is 4.81. The Labute approximate surface area is 114 Å². The van der Waals surface area contributed by atoms with Crippen molar-refractivity contribution < 1.29 is 4.74 Å². The second-order valence-electron chi connectivity index (χ2n) is 5.45. The van der Waals surface area contributed by atoms with Gasteiger partial charge in [0.05, 0.1) is 0 Å². The fraction of sp³-hybridized carbons (Fsp3) is 0.533. The van der Waals surface area contributed by atoms with Gasteiger partial charge in [0.2, 0.25) is 0 Å². The van der Waals surface area contributed by atoms with Gasteiger partial charge in [0, 0.05) is 18.0 Å². The number of benzene rings is 1. The Kier molecular flexibility index (Phi) is 3.35. The van der Waals surface area contributed by atoms with E-state index in [1.165, 1.54) is 25.7 Å². The minimum Gasteiger partial charge on any atom is -0.450 e. The average molecular weight is 261 g/mol. The Balaban J connectivity index is 1.64. The lowest BCUT2D eigenvalue weighted by molar-refractivity contribution is 0.154. The zero-order valence-corrected chi connectivity index (χ0v) is 11.5. The second-order valence-corrected chi connectivity index (χ2v) is 5.86. The molecule has 1 aromatic rings. The molecule has 2 fully saturated rings. The van der Waals surface area contributed by atoms with Crippen molar-refractivity contribution in [3.8, 4) is 5.75 Å². The van der Waals surface area contributed by atoms with Crippen LogP contribution in [0.5, 0.6) is 5.75 Å². The molecule has 2 nitrogen and oxygen atoms in total. The number of piperidine rings is 1. The monoisotopic (exact) mass is 261 g/mol. The first-order valence-electron chi connectivity index (χ1n) is 6.72. The molecule has 0 aromatic heterocycles. The van der Waals surface area contributed by atoms with Crippen molar-refractivity contribution in [3.63, 3.8) is 0 Å². The number of nitrogens with zero attached hydrogens (tertiary/aromatic N) is 1. The van der Waals surface area contributed by atoms with Crippen molar-refractivity contribution in [1.29, 1.82) is 0 Å². The zero-order chi connectivity index (χ0) is 12.5. The summed E-state index contributed by atoms with van der Waals surface area (Å²) >= 11 is 5.49. The third kappa shape index (κ3) is 2.29. The molecule has 0 radical (unpaired) electrons.